The Bertz CT molecular complexity index is 6350. The summed E-state index contributed by atoms with van der Waals surface area (Å²) in [7, 11) is 0. The lowest BCUT2D eigenvalue weighted by atomic mass is 9.27. The van der Waals surface area contributed by atoms with E-state index in [-0.39, 0.29) is 22.7 Å². The number of hydrogen-bond acceptors (Lipinski definition) is 6. The SMILES string of the molecule is Fc1cc(F)cc(N2c3cc(-c4ccccc4)ccc3B3c4cc5c(cc4N(c4cc(F)cc(F)c4)c4cccc2c43)N(c2cc(F)cc(F)c2)c2cc3c4c6c2B5c2ccc(-c5ccccc5)c5c2N6c2c(ccc(-c6ccccc6)c2O5)B4c2ccc(-c4ccccc4)cc2N3c2cc(F)cc(F)c2)c1. The molecule has 107 heavy (non-hydrogen) atoms. The van der Waals surface area contributed by atoms with Crippen LogP contribution in [0.1, 0.15) is 0 Å². The second kappa shape index (κ2) is 22.6. The van der Waals surface area contributed by atoms with Crippen LogP contribution in [0.3, 0.4) is 0 Å². The van der Waals surface area contributed by atoms with Crippen molar-refractivity contribution in [2.24, 2.45) is 0 Å². The largest absolute Gasteiger partial charge is 0.452 e. The number of ether oxygens (including phenoxy) is 1. The van der Waals surface area contributed by atoms with Gasteiger partial charge in [-0.3, -0.25) is 0 Å². The molecule has 0 unspecified atom stereocenters. The topological polar surface area (TPSA) is 25.4 Å². The molecule has 0 aliphatic carbocycles. The molecule has 7 heterocycles. The summed E-state index contributed by atoms with van der Waals surface area (Å²) in [4.78, 5) is 9.67. The first-order valence-corrected chi connectivity index (χ1v) is 35.2. The van der Waals surface area contributed by atoms with Gasteiger partial charge in [0.15, 0.2) is 11.5 Å². The number of fused-ring (bicyclic) bond motifs is 10. The zero-order valence-electron chi connectivity index (χ0n) is 56.1. The van der Waals surface area contributed by atoms with E-state index in [0.29, 0.717) is 84.8 Å². The van der Waals surface area contributed by atoms with Gasteiger partial charge in [0.05, 0.1) is 34.1 Å². The van der Waals surface area contributed by atoms with Crippen LogP contribution in [0.4, 0.5) is 120 Å². The third-order valence-corrected chi connectivity index (χ3v) is 22.3. The van der Waals surface area contributed by atoms with Crippen molar-refractivity contribution in [2.75, 3.05) is 24.5 Å². The number of halogens is 8. The van der Waals surface area contributed by atoms with Crippen molar-refractivity contribution >= 4 is 155 Å². The Hall–Kier alpha value is -13.3. The Kier molecular flexibility index (Phi) is 12.9. The van der Waals surface area contributed by atoms with Crippen molar-refractivity contribution in [1.82, 2.24) is 0 Å². The molecule has 22 rings (SSSR count). The maximum absolute atomic E-state index is 17.0. The maximum Gasteiger partial charge on any atom is 0.252 e. The van der Waals surface area contributed by atoms with Crippen molar-refractivity contribution in [3.8, 4) is 56.0 Å². The fourth-order valence-electron chi connectivity index (χ4n) is 18.3. The van der Waals surface area contributed by atoms with E-state index in [1.165, 1.54) is 48.5 Å². The minimum Gasteiger partial charge on any atom is -0.452 e. The molecule has 0 radical (unpaired) electrons. The van der Waals surface area contributed by atoms with E-state index in [1.54, 1.807) is 11.0 Å². The van der Waals surface area contributed by atoms with E-state index in [1.807, 2.05) is 172 Å². The third-order valence-electron chi connectivity index (χ3n) is 22.3. The monoisotopic (exact) mass is 1400 g/mol. The van der Waals surface area contributed by atoms with E-state index in [4.69, 9.17) is 4.74 Å². The molecule has 15 aromatic carbocycles. The molecule has 0 saturated carbocycles. The predicted octanol–water partition coefficient (Wildman–Crippen LogP) is 18.4. The first kappa shape index (κ1) is 61.2. The van der Waals surface area contributed by atoms with E-state index in [2.05, 4.69) is 59.5 Å². The Morgan fingerprint density at radius 3 is 0.907 bits per heavy atom. The number of nitrogens with zero attached hydrogens (tertiary/aromatic N) is 5. The Balaban J connectivity index is 0.904. The van der Waals surface area contributed by atoms with Gasteiger partial charge in [-0.2, -0.15) is 0 Å². The van der Waals surface area contributed by atoms with Crippen LogP contribution >= 0.6 is 0 Å². The van der Waals surface area contributed by atoms with E-state index >= 15 is 35.1 Å². The van der Waals surface area contributed by atoms with Crippen LogP contribution in [0.2, 0.25) is 0 Å². The summed E-state index contributed by atoms with van der Waals surface area (Å²) in [6.07, 6.45) is 0. The van der Waals surface area contributed by atoms with Crippen molar-refractivity contribution in [3.63, 3.8) is 0 Å². The normalized spacial score (nSPS) is 13.7. The average Bonchev–Trinajstić information content (AvgIpc) is 0.657. The minimum atomic E-state index is -0.882. The first-order valence-electron chi connectivity index (χ1n) is 35.2. The van der Waals surface area contributed by atoms with Crippen LogP contribution in [0, 0.1) is 46.5 Å². The third kappa shape index (κ3) is 8.91. The number of anilines is 15. The van der Waals surface area contributed by atoms with Crippen LogP contribution in [0.15, 0.2) is 291 Å². The van der Waals surface area contributed by atoms with Gasteiger partial charge < -0.3 is 29.2 Å². The van der Waals surface area contributed by atoms with Gasteiger partial charge in [0.25, 0.3) is 20.1 Å². The first-order chi connectivity index (χ1) is 52.3. The van der Waals surface area contributed by atoms with Gasteiger partial charge in [-0.05, 0) is 167 Å². The molecule has 7 aliphatic rings. The molecule has 0 spiro atoms. The Morgan fingerprint density at radius 1 is 0.206 bits per heavy atom. The van der Waals surface area contributed by atoms with E-state index in [0.717, 1.165) is 107 Å². The highest BCUT2D eigenvalue weighted by Gasteiger charge is 2.56. The highest BCUT2D eigenvalue weighted by Crippen LogP contribution is 2.61. The summed E-state index contributed by atoms with van der Waals surface area (Å²) >= 11 is 0. The molecule has 0 saturated heterocycles. The van der Waals surface area contributed by atoms with Crippen LogP contribution in [0.25, 0.3) is 44.5 Å². The zero-order chi connectivity index (χ0) is 71.5. The van der Waals surface area contributed by atoms with Crippen molar-refractivity contribution in [1.29, 1.82) is 0 Å². The molecule has 15 aromatic rings. The molecular weight excluding hydrogens is 1350 g/mol. The summed E-state index contributed by atoms with van der Waals surface area (Å²) in [5, 5.41) is 0. The summed E-state index contributed by atoms with van der Waals surface area (Å²) < 4.78 is 140. The minimum absolute atomic E-state index is 0.0699. The predicted molar refractivity (Wildman–Crippen MR) is 415 cm³/mol. The van der Waals surface area contributed by atoms with Gasteiger partial charge in [-0.1, -0.05) is 182 Å². The Labute approximate surface area is 609 Å². The summed E-state index contributed by atoms with van der Waals surface area (Å²) in [6.45, 7) is -2.15. The fourth-order valence-corrected chi connectivity index (χ4v) is 18.3. The molecule has 0 amide bonds. The van der Waals surface area contributed by atoms with Gasteiger partial charge in [-0.25, -0.2) is 35.1 Å². The van der Waals surface area contributed by atoms with Gasteiger partial charge in [0.2, 0.25) is 0 Å². The second-order valence-corrected chi connectivity index (χ2v) is 28.1. The van der Waals surface area contributed by atoms with Gasteiger partial charge in [0.1, 0.15) is 46.5 Å². The summed E-state index contributed by atoms with van der Waals surface area (Å²) in [5.41, 5.74) is 20.2. The molecule has 6 nitrogen and oxygen atoms in total. The number of hydrogen-bond donors (Lipinski definition) is 0. The van der Waals surface area contributed by atoms with Gasteiger partial charge in [0, 0.05) is 86.6 Å². The lowest BCUT2D eigenvalue weighted by molar-refractivity contribution is 0.481. The van der Waals surface area contributed by atoms with Gasteiger partial charge >= 0.3 is 0 Å². The standard InChI is InChI=1S/C90H48B3F8N5O/c94-55-34-56(95)39-63(38-55)102-75-22-13-23-76-83(75)92(70-29-25-53(32-77(70)102)49-14-5-1-6-15-49)73-46-74-80(47-79(73)103(76)64-40-57(96)35-58(97)41-64)105(66-44-61(100)37-62(101)45-66)82-48-81-84-88-85(82)93(74)72-31-27-68(52-20-11-4-12-21-52)90-87(72)106(88)86-71(30-26-67(89(86)107-90)51-18-9-3-10-19-51)91(84)69-28-24-54(50-16-7-2-8-17-50)33-78(69)104(81)65-42-59(98)36-60(99)43-65/h1-48H. The van der Waals surface area contributed by atoms with Gasteiger partial charge in [-0.15, -0.1) is 0 Å². The number of benzene rings is 15. The van der Waals surface area contributed by atoms with Crippen LogP contribution in [-0.2, 0) is 0 Å². The highest BCUT2D eigenvalue weighted by atomic mass is 19.2. The summed E-state index contributed by atoms with van der Waals surface area (Å²) in [6, 6.07) is 85.6. The van der Waals surface area contributed by atoms with Crippen molar-refractivity contribution in [2.45, 2.75) is 0 Å². The molecule has 0 aromatic heterocycles. The second-order valence-electron chi connectivity index (χ2n) is 28.1. The molecule has 0 fully saturated rings. The lowest BCUT2D eigenvalue weighted by Crippen LogP contribution is -2.69. The van der Waals surface area contributed by atoms with Crippen molar-refractivity contribution in [3.05, 3.63) is 338 Å². The van der Waals surface area contributed by atoms with E-state index < -0.39 is 66.7 Å². The molecule has 0 bridgehead atoms. The van der Waals surface area contributed by atoms with Crippen LogP contribution < -0.4 is 78.4 Å². The molecule has 17 heteroatoms. The average molecular weight is 1400 g/mol. The molecular formula is C90H48B3F8N5O. The molecule has 0 atom stereocenters. The summed E-state index contributed by atoms with van der Waals surface area (Å²) in [5.74, 6) is -5.64. The van der Waals surface area contributed by atoms with Crippen molar-refractivity contribution < 1.29 is 39.9 Å². The quantitative estimate of drug-likeness (QED) is 0.111. The lowest BCUT2D eigenvalue weighted by Gasteiger charge is -2.53. The van der Waals surface area contributed by atoms with Crippen LogP contribution in [0.5, 0.6) is 11.5 Å². The molecule has 0 N–H and O–H groups in total. The fraction of sp³-hybridized carbons (Fsp3) is 0. The highest BCUT2D eigenvalue weighted by molar-refractivity contribution is 7.06. The number of rotatable bonds is 8. The Morgan fingerprint density at radius 2 is 0.523 bits per heavy atom. The smallest absolute Gasteiger partial charge is 0.252 e. The van der Waals surface area contributed by atoms with Crippen LogP contribution in [-0.4, -0.2) is 20.1 Å². The molecule has 7 aliphatic heterocycles. The zero-order valence-corrected chi connectivity index (χ0v) is 56.1. The van der Waals surface area contributed by atoms with E-state index in [9.17, 15) is 0 Å². The maximum atomic E-state index is 17.0. The molecule has 504 valence electrons.